The van der Waals surface area contributed by atoms with Gasteiger partial charge in [0.15, 0.2) is 5.96 Å². The van der Waals surface area contributed by atoms with E-state index >= 15 is 0 Å². The highest BCUT2D eigenvalue weighted by atomic mass is 15.2. The highest BCUT2D eigenvalue weighted by Crippen LogP contribution is 2.17. The Morgan fingerprint density at radius 1 is 1.04 bits per heavy atom. The summed E-state index contributed by atoms with van der Waals surface area (Å²) in [5.41, 5.74) is 2.47. The molecule has 1 aromatic heterocycles. The van der Waals surface area contributed by atoms with Crippen molar-refractivity contribution >= 4 is 5.96 Å². The van der Waals surface area contributed by atoms with Crippen LogP contribution in [-0.4, -0.2) is 31.1 Å². The minimum Gasteiger partial charge on any atom is -0.356 e. The lowest BCUT2D eigenvalue weighted by atomic mass is 9.98. The van der Waals surface area contributed by atoms with Crippen molar-refractivity contribution in [2.24, 2.45) is 4.99 Å². The molecule has 0 bridgehead atoms. The monoisotopic (exact) mass is 310 g/mol. The van der Waals surface area contributed by atoms with Crippen LogP contribution in [0.3, 0.4) is 0 Å². The fourth-order valence-corrected chi connectivity index (χ4v) is 2.43. The van der Waals surface area contributed by atoms with Gasteiger partial charge in [0.1, 0.15) is 0 Å². The van der Waals surface area contributed by atoms with Crippen molar-refractivity contribution in [1.29, 1.82) is 0 Å². The fourth-order valence-electron chi connectivity index (χ4n) is 2.43. The topological polar surface area (TPSA) is 49.3 Å². The molecule has 1 unspecified atom stereocenters. The van der Waals surface area contributed by atoms with Crippen molar-refractivity contribution in [1.82, 2.24) is 15.6 Å². The van der Waals surface area contributed by atoms with E-state index in [0.717, 1.165) is 37.6 Å². The number of aliphatic imine (C=N–C) groups is 1. The summed E-state index contributed by atoms with van der Waals surface area (Å²) in [5, 5.41) is 6.71. The number of rotatable bonds is 7. The maximum Gasteiger partial charge on any atom is 0.190 e. The minimum atomic E-state index is 0.537. The zero-order valence-electron chi connectivity index (χ0n) is 14.0. The molecule has 23 heavy (non-hydrogen) atoms. The van der Waals surface area contributed by atoms with Gasteiger partial charge in [-0.05, 0) is 30.0 Å². The van der Waals surface area contributed by atoms with Crippen LogP contribution >= 0.6 is 0 Å². The molecule has 0 saturated heterocycles. The summed E-state index contributed by atoms with van der Waals surface area (Å²) in [6.07, 6.45) is 3.79. The highest BCUT2D eigenvalue weighted by Gasteiger charge is 2.05. The number of aromatic nitrogens is 1. The molecule has 0 spiro atoms. The Hall–Kier alpha value is -2.36. The predicted molar refractivity (Wildman–Crippen MR) is 96.8 cm³/mol. The molecule has 0 saturated carbocycles. The number of nitrogens with one attached hydrogen (secondary N) is 2. The van der Waals surface area contributed by atoms with E-state index in [2.05, 4.69) is 57.9 Å². The van der Waals surface area contributed by atoms with Gasteiger partial charge in [0.25, 0.3) is 0 Å². The third-order valence-corrected chi connectivity index (χ3v) is 3.86. The first-order valence-corrected chi connectivity index (χ1v) is 8.19. The second-order valence-electron chi connectivity index (χ2n) is 5.60. The number of benzene rings is 1. The normalized spacial score (nSPS) is 12.7. The molecule has 2 rings (SSSR count). The smallest absolute Gasteiger partial charge is 0.190 e. The van der Waals surface area contributed by atoms with Crippen LogP contribution in [0.2, 0.25) is 0 Å². The third-order valence-electron chi connectivity index (χ3n) is 3.86. The van der Waals surface area contributed by atoms with E-state index in [-0.39, 0.29) is 0 Å². The summed E-state index contributed by atoms with van der Waals surface area (Å²) in [7, 11) is 1.80. The zero-order valence-corrected chi connectivity index (χ0v) is 14.0. The van der Waals surface area contributed by atoms with Crippen LogP contribution in [0.4, 0.5) is 0 Å². The van der Waals surface area contributed by atoms with E-state index in [1.165, 1.54) is 5.56 Å². The quantitative estimate of drug-likeness (QED) is 0.610. The van der Waals surface area contributed by atoms with Crippen molar-refractivity contribution in [2.45, 2.75) is 25.7 Å². The number of hydrogen-bond acceptors (Lipinski definition) is 2. The molecular formula is C19H26N4. The summed E-state index contributed by atoms with van der Waals surface area (Å²) in [6.45, 7) is 3.98. The van der Waals surface area contributed by atoms with E-state index < -0.39 is 0 Å². The molecule has 4 nitrogen and oxygen atoms in total. The zero-order chi connectivity index (χ0) is 16.3. The van der Waals surface area contributed by atoms with Gasteiger partial charge in [0.05, 0.1) is 0 Å². The van der Waals surface area contributed by atoms with Crippen LogP contribution in [0.15, 0.2) is 59.7 Å². The molecule has 122 valence electrons. The van der Waals surface area contributed by atoms with Crippen molar-refractivity contribution in [3.8, 4) is 0 Å². The second-order valence-corrected chi connectivity index (χ2v) is 5.60. The summed E-state index contributed by atoms with van der Waals surface area (Å²) in [5.74, 6) is 1.39. The standard InChI is InChI=1S/C19H26N4/c1-16(17-8-4-3-5-9-17)11-14-22-19(20-2)23-15-12-18-10-6-7-13-21-18/h3-10,13,16H,11-12,14-15H2,1-2H3,(H2,20,22,23). The van der Waals surface area contributed by atoms with Gasteiger partial charge in [0.2, 0.25) is 0 Å². The molecule has 0 radical (unpaired) electrons. The minimum absolute atomic E-state index is 0.537. The van der Waals surface area contributed by atoms with Gasteiger partial charge in [-0.1, -0.05) is 43.3 Å². The molecule has 0 amide bonds. The van der Waals surface area contributed by atoms with E-state index in [4.69, 9.17) is 0 Å². The predicted octanol–water partition coefficient (Wildman–Crippen LogP) is 2.98. The first-order valence-electron chi connectivity index (χ1n) is 8.19. The van der Waals surface area contributed by atoms with Crippen LogP contribution in [0.25, 0.3) is 0 Å². The lowest BCUT2D eigenvalue weighted by molar-refractivity contribution is 0.651. The van der Waals surface area contributed by atoms with Gasteiger partial charge in [-0.2, -0.15) is 0 Å². The first kappa shape index (κ1) is 17.0. The Kier molecular flexibility index (Phi) is 7.11. The maximum absolute atomic E-state index is 4.32. The van der Waals surface area contributed by atoms with E-state index in [1.807, 2.05) is 24.4 Å². The summed E-state index contributed by atoms with van der Waals surface area (Å²) in [4.78, 5) is 8.58. The van der Waals surface area contributed by atoms with Crippen molar-refractivity contribution in [2.75, 3.05) is 20.1 Å². The molecular weight excluding hydrogens is 284 g/mol. The molecule has 1 atom stereocenters. The van der Waals surface area contributed by atoms with Crippen LogP contribution < -0.4 is 10.6 Å². The highest BCUT2D eigenvalue weighted by molar-refractivity contribution is 5.79. The third kappa shape index (κ3) is 6.10. The Bertz CT molecular complexity index is 581. The van der Waals surface area contributed by atoms with Crippen molar-refractivity contribution < 1.29 is 0 Å². The maximum atomic E-state index is 4.32. The Labute approximate surface area is 139 Å². The van der Waals surface area contributed by atoms with Crippen LogP contribution in [0, 0.1) is 0 Å². The van der Waals surface area contributed by atoms with Gasteiger partial charge in [-0.15, -0.1) is 0 Å². The number of hydrogen-bond donors (Lipinski definition) is 2. The van der Waals surface area contributed by atoms with Gasteiger partial charge in [0, 0.05) is 38.4 Å². The number of guanidine groups is 1. The second kappa shape index (κ2) is 9.62. The van der Waals surface area contributed by atoms with Gasteiger partial charge in [-0.3, -0.25) is 9.98 Å². The average molecular weight is 310 g/mol. The number of nitrogens with zero attached hydrogens (tertiary/aromatic N) is 2. The van der Waals surface area contributed by atoms with Gasteiger partial charge >= 0.3 is 0 Å². The SMILES string of the molecule is CN=C(NCCc1ccccn1)NCCC(C)c1ccccc1. The molecule has 0 fully saturated rings. The van der Waals surface area contributed by atoms with Crippen LogP contribution in [0.5, 0.6) is 0 Å². The van der Waals surface area contributed by atoms with E-state index in [0.29, 0.717) is 5.92 Å². The molecule has 1 aromatic carbocycles. The first-order chi connectivity index (χ1) is 11.3. The molecule has 0 aliphatic carbocycles. The molecule has 2 N–H and O–H groups in total. The lowest BCUT2D eigenvalue weighted by Crippen LogP contribution is -2.39. The van der Waals surface area contributed by atoms with Crippen LogP contribution in [-0.2, 0) is 6.42 Å². The molecule has 1 heterocycles. The lowest BCUT2D eigenvalue weighted by Gasteiger charge is -2.15. The Morgan fingerprint density at radius 3 is 2.48 bits per heavy atom. The Balaban J connectivity index is 1.67. The van der Waals surface area contributed by atoms with Crippen molar-refractivity contribution in [3.05, 3.63) is 66.0 Å². The molecule has 2 aromatic rings. The Morgan fingerprint density at radius 2 is 1.78 bits per heavy atom. The van der Waals surface area contributed by atoms with Crippen molar-refractivity contribution in [3.63, 3.8) is 0 Å². The summed E-state index contributed by atoms with van der Waals surface area (Å²) < 4.78 is 0. The van der Waals surface area contributed by atoms with Gasteiger partial charge < -0.3 is 10.6 Å². The fraction of sp³-hybridized carbons (Fsp3) is 0.368. The summed E-state index contributed by atoms with van der Waals surface area (Å²) in [6, 6.07) is 16.6. The van der Waals surface area contributed by atoms with E-state index in [1.54, 1.807) is 7.05 Å². The summed E-state index contributed by atoms with van der Waals surface area (Å²) >= 11 is 0. The van der Waals surface area contributed by atoms with E-state index in [9.17, 15) is 0 Å². The van der Waals surface area contributed by atoms with Crippen LogP contribution in [0.1, 0.15) is 30.5 Å². The largest absolute Gasteiger partial charge is 0.356 e. The molecule has 0 aliphatic rings. The molecule has 0 aliphatic heterocycles. The molecule has 4 heteroatoms. The average Bonchev–Trinajstić information content (AvgIpc) is 2.62. The van der Waals surface area contributed by atoms with Gasteiger partial charge in [-0.25, -0.2) is 0 Å². The number of pyridine rings is 1.